The van der Waals surface area contributed by atoms with Gasteiger partial charge in [0.2, 0.25) is 5.82 Å². The molecule has 0 aliphatic carbocycles. The van der Waals surface area contributed by atoms with Gasteiger partial charge in [0.25, 0.3) is 0 Å². The van der Waals surface area contributed by atoms with Crippen LogP contribution in [0.3, 0.4) is 0 Å². The molecule has 6 heteroatoms. The Bertz CT molecular complexity index is 784. The predicted molar refractivity (Wildman–Crippen MR) is 81.2 cm³/mol. The maximum absolute atomic E-state index is 8.77. The quantitative estimate of drug-likeness (QED) is 0.735. The summed E-state index contributed by atoms with van der Waals surface area (Å²) >= 11 is 3.39. The van der Waals surface area contributed by atoms with Crippen molar-refractivity contribution in [3.63, 3.8) is 0 Å². The van der Waals surface area contributed by atoms with Gasteiger partial charge in [-0.25, -0.2) is 0 Å². The second-order valence-corrected chi connectivity index (χ2v) is 5.37. The number of nitriles is 1. The fraction of sp³-hybridized carbons (Fsp3) is 0.0667. The molecule has 3 aromatic rings. The van der Waals surface area contributed by atoms with Crippen LogP contribution in [0, 0.1) is 11.3 Å². The van der Waals surface area contributed by atoms with Crippen LogP contribution in [-0.4, -0.2) is 20.2 Å². The summed E-state index contributed by atoms with van der Waals surface area (Å²) in [5.74, 6) is 0.594. The Morgan fingerprint density at radius 2 is 1.76 bits per heavy atom. The Labute approximate surface area is 130 Å². The van der Waals surface area contributed by atoms with Crippen molar-refractivity contribution >= 4 is 15.9 Å². The highest BCUT2D eigenvalue weighted by Crippen LogP contribution is 2.17. The van der Waals surface area contributed by atoms with Crippen LogP contribution in [0.15, 0.2) is 53.0 Å². The molecule has 0 atom stereocenters. The molecule has 1 heterocycles. The van der Waals surface area contributed by atoms with Crippen molar-refractivity contribution in [2.24, 2.45) is 0 Å². The Kier molecular flexibility index (Phi) is 3.75. The van der Waals surface area contributed by atoms with Gasteiger partial charge in [-0.15, -0.1) is 10.2 Å². The van der Waals surface area contributed by atoms with E-state index in [1.807, 2.05) is 36.4 Å². The predicted octanol–water partition coefficient (Wildman–Crippen LogP) is 3.02. The van der Waals surface area contributed by atoms with E-state index in [1.54, 1.807) is 16.9 Å². The molecule has 0 amide bonds. The van der Waals surface area contributed by atoms with Gasteiger partial charge in [0.1, 0.15) is 0 Å². The zero-order valence-electron chi connectivity index (χ0n) is 10.9. The third-order valence-corrected chi connectivity index (χ3v) is 3.49. The molecule has 0 aliphatic rings. The molecule has 0 saturated heterocycles. The van der Waals surface area contributed by atoms with Crippen molar-refractivity contribution in [2.45, 2.75) is 6.54 Å². The summed E-state index contributed by atoms with van der Waals surface area (Å²) in [5.41, 5.74) is 2.58. The largest absolute Gasteiger partial charge is 0.204 e. The van der Waals surface area contributed by atoms with Crippen molar-refractivity contribution in [1.82, 2.24) is 20.2 Å². The lowest BCUT2D eigenvalue weighted by Crippen LogP contribution is -2.03. The average Bonchev–Trinajstić information content (AvgIpc) is 2.97. The molecule has 0 spiro atoms. The first-order valence-corrected chi connectivity index (χ1v) is 7.07. The minimum Gasteiger partial charge on any atom is -0.192 e. The average molecular weight is 340 g/mol. The molecule has 3 rings (SSSR count). The number of halogens is 1. The van der Waals surface area contributed by atoms with E-state index in [2.05, 4.69) is 37.4 Å². The summed E-state index contributed by atoms with van der Waals surface area (Å²) in [7, 11) is 0. The van der Waals surface area contributed by atoms with Crippen molar-refractivity contribution in [1.29, 1.82) is 5.26 Å². The molecule has 0 aliphatic heterocycles. The first-order chi connectivity index (χ1) is 10.2. The molecule has 0 N–H and O–H groups in total. The number of aromatic nitrogens is 4. The van der Waals surface area contributed by atoms with E-state index in [0.29, 0.717) is 17.9 Å². The summed E-state index contributed by atoms with van der Waals surface area (Å²) < 4.78 is 1.01. The van der Waals surface area contributed by atoms with Crippen LogP contribution in [0.1, 0.15) is 11.1 Å². The van der Waals surface area contributed by atoms with Crippen molar-refractivity contribution in [3.8, 4) is 17.5 Å². The van der Waals surface area contributed by atoms with E-state index in [4.69, 9.17) is 5.26 Å². The highest BCUT2D eigenvalue weighted by Gasteiger charge is 2.06. The number of hydrogen-bond donors (Lipinski definition) is 0. The third-order valence-electron chi connectivity index (χ3n) is 2.96. The van der Waals surface area contributed by atoms with Gasteiger partial charge in [0.15, 0.2) is 0 Å². The lowest BCUT2D eigenvalue weighted by Gasteiger charge is -1.99. The lowest BCUT2D eigenvalue weighted by atomic mass is 10.1. The first kappa shape index (κ1) is 13.5. The molecule has 21 heavy (non-hydrogen) atoms. The maximum atomic E-state index is 8.77. The summed E-state index contributed by atoms with van der Waals surface area (Å²) in [6, 6.07) is 17.2. The number of benzene rings is 2. The number of tetrazole rings is 1. The van der Waals surface area contributed by atoms with Gasteiger partial charge >= 0.3 is 0 Å². The Morgan fingerprint density at radius 3 is 2.43 bits per heavy atom. The smallest absolute Gasteiger partial charge is 0.192 e. The van der Waals surface area contributed by atoms with Gasteiger partial charge < -0.3 is 0 Å². The Balaban J connectivity index is 1.78. The highest BCUT2D eigenvalue weighted by atomic mass is 79.9. The van der Waals surface area contributed by atoms with Crippen LogP contribution < -0.4 is 0 Å². The molecule has 0 bridgehead atoms. The molecule has 5 nitrogen and oxygen atoms in total. The minimum absolute atomic E-state index is 0.523. The van der Waals surface area contributed by atoms with Gasteiger partial charge in [0, 0.05) is 10.0 Å². The number of nitrogens with zero attached hydrogens (tertiary/aromatic N) is 5. The molecule has 1 aromatic heterocycles. The van der Waals surface area contributed by atoms with Crippen LogP contribution in [0.2, 0.25) is 0 Å². The van der Waals surface area contributed by atoms with Gasteiger partial charge in [-0.05, 0) is 47.2 Å². The SMILES string of the molecule is N#Cc1ccc(Cn2nnc(-c3ccc(Br)cc3)n2)cc1. The fourth-order valence-corrected chi connectivity index (χ4v) is 2.14. The van der Waals surface area contributed by atoms with E-state index in [9.17, 15) is 0 Å². The van der Waals surface area contributed by atoms with E-state index in [-0.39, 0.29) is 0 Å². The van der Waals surface area contributed by atoms with Crippen LogP contribution in [0.4, 0.5) is 0 Å². The molecular weight excluding hydrogens is 330 g/mol. The van der Waals surface area contributed by atoms with Crippen molar-refractivity contribution in [3.05, 3.63) is 64.1 Å². The van der Waals surface area contributed by atoms with Gasteiger partial charge in [0.05, 0.1) is 18.2 Å². The summed E-state index contributed by atoms with van der Waals surface area (Å²) in [6.45, 7) is 0.523. The molecule has 0 unspecified atom stereocenters. The van der Waals surface area contributed by atoms with E-state index in [0.717, 1.165) is 15.6 Å². The standard InChI is InChI=1S/C15H10BrN5/c16-14-7-5-13(6-8-14)15-18-20-21(19-15)10-12-3-1-11(9-17)2-4-12/h1-8H,10H2. The molecule has 102 valence electrons. The normalized spacial score (nSPS) is 10.3. The molecule has 0 fully saturated rings. The highest BCUT2D eigenvalue weighted by molar-refractivity contribution is 9.10. The van der Waals surface area contributed by atoms with E-state index < -0.39 is 0 Å². The number of rotatable bonds is 3. The van der Waals surface area contributed by atoms with Gasteiger partial charge in [-0.3, -0.25) is 0 Å². The molecule has 2 aromatic carbocycles. The molecular formula is C15H10BrN5. The van der Waals surface area contributed by atoms with Crippen molar-refractivity contribution in [2.75, 3.05) is 0 Å². The zero-order valence-corrected chi connectivity index (χ0v) is 12.5. The van der Waals surface area contributed by atoms with Gasteiger partial charge in [-0.2, -0.15) is 10.1 Å². The summed E-state index contributed by atoms with van der Waals surface area (Å²) in [6.07, 6.45) is 0. The van der Waals surface area contributed by atoms with Crippen LogP contribution in [-0.2, 0) is 6.54 Å². The molecule has 0 saturated carbocycles. The summed E-state index contributed by atoms with van der Waals surface area (Å²) in [4.78, 5) is 1.54. The summed E-state index contributed by atoms with van der Waals surface area (Å²) in [5, 5.41) is 21.2. The Morgan fingerprint density at radius 1 is 1.05 bits per heavy atom. The maximum Gasteiger partial charge on any atom is 0.204 e. The van der Waals surface area contributed by atoms with Crippen LogP contribution in [0.25, 0.3) is 11.4 Å². The van der Waals surface area contributed by atoms with Crippen molar-refractivity contribution < 1.29 is 0 Å². The van der Waals surface area contributed by atoms with Crippen LogP contribution >= 0.6 is 15.9 Å². The zero-order chi connectivity index (χ0) is 14.7. The topological polar surface area (TPSA) is 67.4 Å². The van der Waals surface area contributed by atoms with E-state index >= 15 is 0 Å². The van der Waals surface area contributed by atoms with Crippen LogP contribution in [0.5, 0.6) is 0 Å². The monoisotopic (exact) mass is 339 g/mol. The first-order valence-electron chi connectivity index (χ1n) is 6.27. The second-order valence-electron chi connectivity index (χ2n) is 4.46. The number of hydrogen-bond acceptors (Lipinski definition) is 4. The second kappa shape index (κ2) is 5.85. The molecule has 0 radical (unpaired) electrons. The third kappa shape index (κ3) is 3.15. The lowest BCUT2D eigenvalue weighted by molar-refractivity contribution is 0.573. The Hall–Kier alpha value is -2.52. The van der Waals surface area contributed by atoms with E-state index in [1.165, 1.54) is 0 Å². The fourth-order valence-electron chi connectivity index (χ4n) is 1.87. The minimum atomic E-state index is 0.523. The van der Waals surface area contributed by atoms with Gasteiger partial charge in [-0.1, -0.05) is 28.1 Å².